The van der Waals surface area contributed by atoms with Gasteiger partial charge in [-0.15, -0.1) is 0 Å². The minimum atomic E-state index is -0.0202. The molecule has 94 valence electrons. The summed E-state index contributed by atoms with van der Waals surface area (Å²) in [5.41, 5.74) is 2.19. The summed E-state index contributed by atoms with van der Waals surface area (Å²) in [7, 11) is 1.73. The minimum absolute atomic E-state index is 0.0202. The van der Waals surface area contributed by atoms with Crippen molar-refractivity contribution in [2.24, 2.45) is 7.05 Å². The molecule has 1 N–H and O–H groups in total. The standard InChI is InChI=1S/C13H12BrClN2O/c1-8-11(5-6-17(2)13(8)18)16-12-4-3-9(14)7-10(12)15/h3-7,16H,1-2H3. The Bertz CT molecular complexity index is 652. The summed E-state index contributed by atoms with van der Waals surface area (Å²) in [6, 6.07) is 7.42. The number of halogens is 2. The lowest BCUT2D eigenvalue weighted by molar-refractivity contribution is 0.850. The smallest absolute Gasteiger partial charge is 0.255 e. The van der Waals surface area contributed by atoms with Gasteiger partial charge in [-0.05, 0) is 31.2 Å². The average molecular weight is 328 g/mol. The van der Waals surface area contributed by atoms with Gasteiger partial charge in [0.1, 0.15) is 0 Å². The average Bonchev–Trinajstić information content (AvgIpc) is 2.33. The molecule has 2 rings (SSSR count). The van der Waals surface area contributed by atoms with Crippen molar-refractivity contribution >= 4 is 38.9 Å². The van der Waals surface area contributed by atoms with E-state index in [4.69, 9.17) is 11.6 Å². The first-order valence-electron chi connectivity index (χ1n) is 5.37. The van der Waals surface area contributed by atoms with Crippen LogP contribution in [0.25, 0.3) is 0 Å². The molecule has 0 amide bonds. The van der Waals surface area contributed by atoms with Crippen molar-refractivity contribution < 1.29 is 0 Å². The normalized spacial score (nSPS) is 10.4. The fourth-order valence-electron chi connectivity index (χ4n) is 1.63. The molecular weight excluding hydrogens is 316 g/mol. The van der Waals surface area contributed by atoms with Crippen molar-refractivity contribution in [2.75, 3.05) is 5.32 Å². The second-order valence-electron chi connectivity index (χ2n) is 4.02. The first-order valence-corrected chi connectivity index (χ1v) is 6.54. The van der Waals surface area contributed by atoms with Crippen molar-refractivity contribution in [2.45, 2.75) is 6.92 Å². The highest BCUT2D eigenvalue weighted by Crippen LogP contribution is 2.28. The number of aromatic nitrogens is 1. The molecule has 0 saturated heterocycles. The number of anilines is 2. The summed E-state index contributed by atoms with van der Waals surface area (Å²) < 4.78 is 2.46. The molecule has 0 atom stereocenters. The third kappa shape index (κ3) is 2.60. The number of nitrogens with zero attached hydrogens (tertiary/aromatic N) is 1. The largest absolute Gasteiger partial charge is 0.354 e. The molecule has 18 heavy (non-hydrogen) atoms. The number of nitrogens with one attached hydrogen (secondary N) is 1. The Hall–Kier alpha value is -1.26. The van der Waals surface area contributed by atoms with Crippen LogP contribution in [0.3, 0.4) is 0 Å². The van der Waals surface area contributed by atoms with Gasteiger partial charge in [0.05, 0.1) is 10.7 Å². The molecular formula is C13H12BrClN2O. The van der Waals surface area contributed by atoms with E-state index in [1.165, 1.54) is 0 Å². The van der Waals surface area contributed by atoms with E-state index < -0.39 is 0 Å². The van der Waals surface area contributed by atoms with Gasteiger partial charge in [-0.1, -0.05) is 27.5 Å². The highest BCUT2D eigenvalue weighted by Gasteiger charge is 2.06. The minimum Gasteiger partial charge on any atom is -0.354 e. The van der Waals surface area contributed by atoms with Crippen molar-refractivity contribution in [3.63, 3.8) is 0 Å². The van der Waals surface area contributed by atoms with Crippen LogP contribution in [0.1, 0.15) is 5.56 Å². The van der Waals surface area contributed by atoms with Gasteiger partial charge in [0.15, 0.2) is 0 Å². The molecule has 0 unspecified atom stereocenters. The Morgan fingerprint density at radius 1 is 1.28 bits per heavy atom. The van der Waals surface area contributed by atoms with Crippen LogP contribution in [-0.2, 0) is 7.05 Å². The molecule has 0 aliphatic heterocycles. The van der Waals surface area contributed by atoms with Crippen LogP contribution < -0.4 is 10.9 Å². The lowest BCUT2D eigenvalue weighted by Gasteiger charge is -2.11. The molecule has 0 fully saturated rings. The number of aryl methyl sites for hydroxylation is 1. The zero-order valence-electron chi connectivity index (χ0n) is 10.00. The molecule has 2 aromatic rings. The van der Waals surface area contributed by atoms with E-state index in [2.05, 4.69) is 21.2 Å². The van der Waals surface area contributed by atoms with Gasteiger partial charge >= 0.3 is 0 Å². The van der Waals surface area contributed by atoms with Crippen LogP contribution in [0.4, 0.5) is 11.4 Å². The summed E-state index contributed by atoms with van der Waals surface area (Å²) in [6.07, 6.45) is 1.73. The van der Waals surface area contributed by atoms with Crippen molar-refractivity contribution in [1.29, 1.82) is 0 Å². The molecule has 0 aliphatic carbocycles. The maximum atomic E-state index is 11.8. The summed E-state index contributed by atoms with van der Waals surface area (Å²) >= 11 is 9.48. The maximum Gasteiger partial charge on any atom is 0.255 e. The molecule has 0 saturated carbocycles. The van der Waals surface area contributed by atoms with E-state index in [0.29, 0.717) is 10.6 Å². The van der Waals surface area contributed by atoms with Gasteiger partial charge in [-0.2, -0.15) is 0 Å². The van der Waals surface area contributed by atoms with Crippen LogP contribution in [0.2, 0.25) is 5.02 Å². The van der Waals surface area contributed by atoms with Gasteiger partial charge in [0.2, 0.25) is 0 Å². The van der Waals surface area contributed by atoms with E-state index in [9.17, 15) is 4.79 Å². The lowest BCUT2D eigenvalue weighted by atomic mass is 10.2. The van der Waals surface area contributed by atoms with Gasteiger partial charge in [0.25, 0.3) is 5.56 Å². The predicted molar refractivity (Wildman–Crippen MR) is 78.9 cm³/mol. The molecule has 5 heteroatoms. The molecule has 0 radical (unpaired) electrons. The van der Waals surface area contributed by atoms with Crippen molar-refractivity contribution in [3.05, 3.63) is 55.9 Å². The Morgan fingerprint density at radius 2 is 2.00 bits per heavy atom. The Kier molecular flexibility index (Phi) is 3.78. The number of hydrogen-bond donors (Lipinski definition) is 1. The third-order valence-corrected chi connectivity index (χ3v) is 3.52. The monoisotopic (exact) mass is 326 g/mol. The maximum absolute atomic E-state index is 11.8. The first kappa shape index (κ1) is 13.2. The molecule has 0 aliphatic rings. The van der Waals surface area contributed by atoms with E-state index in [-0.39, 0.29) is 5.56 Å². The molecule has 0 bridgehead atoms. The fourth-order valence-corrected chi connectivity index (χ4v) is 2.35. The van der Waals surface area contributed by atoms with E-state index in [1.807, 2.05) is 18.2 Å². The van der Waals surface area contributed by atoms with Crippen LogP contribution in [0.5, 0.6) is 0 Å². The third-order valence-electron chi connectivity index (χ3n) is 2.71. The highest BCUT2D eigenvalue weighted by atomic mass is 79.9. The number of pyridine rings is 1. The first-order chi connectivity index (χ1) is 8.49. The lowest BCUT2D eigenvalue weighted by Crippen LogP contribution is -2.19. The van der Waals surface area contributed by atoms with Gasteiger partial charge < -0.3 is 9.88 Å². The second-order valence-corrected chi connectivity index (χ2v) is 5.34. The predicted octanol–water partition coefficient (Wildman–Crippen LogP) is 3.85. The quantitative estimate of drug-likeness (QED) is 0.909. The highest BCUT2D eigenvalue weighted by molar-refractivity contribution is 9.10. The van der Waals surface area contributed by atoms with Crippen LogP contribution in [-0.4, -0.2) is 4.57 Å². The van der Waals surface area contributed by atoms with Crippen LogP contribution in [0, 0.1) is 6.92 Å². The number of rotatable bonds is 2. The molecule has 3 nitrogen and oxygen atoms in total. The molecule has 1 heterocycles. The second kappa shape index (κ2) is 5.16. The van der Waals surface area contributed by atoms with Gasteiger partial charge in [-0.25, -0.2) is 0 Å². The topological polar surface area (TPSA) is 34.0 Å². The summed E-state index contributed by atoms with van der Waals surface area (Å²) in [4.78, 5) is 11.8. The molecule has 1 aromatic carbocycles. The summed E-state index contributed by atoms with van der Waals surface area (Å²) in [5.74, 6) is 0. The Labute approximate surface area is 119 Å². The van der Waals surface area contributed by atoms with Crippen LogP contribution in [0.15, 0.2) is 39.7 Å². The van der Waals surface area contributed by atoms with Crippen molar-refractivity contribution in [1.82, 2.24) is 4.57 Å². The number of hydrogen-bond acceptors (Lipinski definition) is 2. The zero-order chi connectivity index (χ0) is 13.3. The van der Waals surface area contributed by atoms with E-state index in [1.54, 1.807) is 30.8 Å². The SMILES string of the molecule is Cc1c(Nc2ccc(Br)cc2Cl)ccn(C)c1=O. The summed E-state index contributed by atoms with van der Waals surface area (Å²) in [6.45, 7) is 1.79. The van der Waals surface area contributed by atoms with E-state index >= 15 is 0 Å². The zero-order valence-corrected chi connectivity index (χ0v) is 12.3. The van der Waals surface area contributed by atoms with Gasteiger partial charge in [-0.3, -0.25) is 4.79 Å². The van der Waals surface area contributed by atoms with Gasteiger partial charge in [0, 0.05) is 29.0 Å². The van der Waals surface area contributed by atoms with Crippen LogP contribution >= 0.6 is 27.5 Å². The Balaban J connectivity index is 2.40. The molecule has 1 aromatic heterocycles. The Morgan fingerprint density at radius 3 is 2.67 bits per heavy atom. The number of benzene rings is 1. The summed E-state index contributed by atoms with van der Waals surface area (Å²) in [5, 5.41) is 3.77. The molecule has 0 spiro atoms. The van der Waals surface area contributed by atoms with Crippen molar-refractivity contribution in [3.8, 4) is 0 Å². The van der Waals surface area contributed by atoms with E-state index in [0.717, 1.165) is 15.8 Å². The fraction of sp³-hybridized carbons (Fsp3) is 0.154.